The van der Waals surface area contributed by atoms with E-state index in [2.05, 4.69) is 5.32 Å². The minimum Gasteiger partial charge on any atom is -0.407 e. The Labute approximate surface area is 137 Å². The van der Waals surface area contributed by atoms with Gasteiger partial charge in [-0.1, -0.05) is 0 Å². The normalized spacial score (nSPS) is 10.8. The van der Waals surface area contributed by atoms with Crippen molar-refractivity contribution in [3.05, 3.63) is 68.7 Å². The van der Waals surface area contributed by atoms with Crippen LogP contribution in [0.4, 0.5) is 20.2 Å². The highest BCUT2D eigenvalue weighted by molar-refractivity contribution is 5.91. The molecule has 0 atom stereocenters. The number of nitrogens with zero attached hydrogens (tertiary/aromatic N) is 2. The molecule has 0 fully saturated rings. The fourth-order valence-electron chi connectivity index (χ4n) is 2.29. The third-order valence-electron chi connectivity index (χ3n) is 3.31. The molecule has 0 bridgehead atoms. The minimum absolute atomic E-state index is 0.0520. The van der Waals surface area contributed by atoms with Crippen LogP contribution in [0.3, 0.4) is 0 Å². The molecule has 0 aliphatic heterocycles. The highest BCUT2D eigenvalue weighted by Crippen LogP contribution is 2.20. The van der Waals surface area contributed by atoms with Gasteiger partial charge in [0.25, 0.3) is 5.69 Å². The van der Waals surface area contributed by atoms with Crippen LogP contribution in [0.1, 0.15) is 0 Å². The molecule has 0 aliphatic rings. The molecule has 0 saturated carbocycles. The summed E-state index contributed by atoms with van der Waals surface area (Å²) in [5.74, 6) is -3.36. The van der Waals surface area contributed by atoms with Gasteiger partial charge in [-0.15, -0.1) is 0 Å². The van der Waals surface area contributed by atoms with Crippen LogP contribution in [0.2, 0.25) is 0 Å². The number of carbonyl (C=O) groups is 1. The van der Waals surface area contributed by atoms with Crippen molar-refractivity contribution >= 4 is 28.4 Å². The van der Waals surface area contributed by atoms with Crippen molar-refractivity contribution in [2.75, 3.05) is 5.32 Å². The summed E-state index contributed by atoms with van der Waals surface area (Å²) in [5, 5.41) is 13.0. The van der Waals surface area contributed by atoms with Crippen LogP contribution < -0.4 is 11.1 Å². The van der Waals surface area contributed by atoms with Crippen LogP contribution in [0.5, 0.6) is 0 Å². The van der Waals surface area contributed by atoms with Gasteiger partial charge in [0.1, 0.15) is 18.2 Å². The molecule has 10 heteroatoms. The van der Waals surface area contributed by atoms with Crippen LogP contribution in [-0.2, 0) is 11.3 Å². The molecule has 0 radical (unpaired) electrons. The molecule has 1 N–H and O–H groups in total. The van der Waals surface area contributed by atoms with Crippen molar-refractivity contribution in [2.45, 2.75) is 6.54 Å². The number of hydrogen-bond acceptors (Lipinski definition) is 5. The van der Waals surface area contributed by atoms with Crippen LogP contribution in [0.15, 0.2) is 45.6 Å². The van der Waals surface area contributed by atoms with E-state index in [-0.39, 0.29) is 22.5 Å². The smallest absolute Gasteiger partial charge is 0.407 e. The summed E-state index contributed by atoms with van der Waals surface area (Å²) >= 11 is 0. The third-order valence-corrected chi connectivity index (χ3v) is 3.31. The van der Waals surface area contributed by atoms with E-state index in [0.717, 1.165) is 28.8 Å². The lowest BCUT2D eigenvalue weighted by Crippen LogP contribution is -2.24. The second-order valence-corrected chi connectivity index (χ2v) is 5.07. The molecule has 1 amide bonds. The molecular weight excluding hydrogens is 340 g/mol. The molecule has 2 aromatic carbocycles. The molecule has 0 unspecified atom stereocenters. The van der Waals surface area contributed by atoms with Crippen molar-refractivity contribution in [2.24, 2.45) is 0 Å². The van der Waals surface area contributed by atoms with E-state index in [1.165, 1.54) is 6.07 Å². The molecule has 128 valence electrons. The zero-order valence-electron chi connectivity index (χ0n) is 12.4. The van der Waals surface area contributed by atoms with E-state index in [4.69, 9.17) is 4.42 Å². The van der Waals surface area contributed by atoms with Crippen LogP contribution in [0, 0.1) is 21.7 Å². The van der Waals surface area contributed by atoms with Crippen molar-refractivity contribution in [1.29, 1.82) is 0 Å². The Morgan fingerprint density at radius 1 is 1.20 bits per heavy atom. The number of fused-ring (bicyclic) bond motifs is 1. The van der Waals surface area contributed by atoms with Gasteiger partial charge in [0.15, 0.2) is 5.58 Å². The fourth-order valence-corrected chi connectivity index (χ4v) is 2.29. The van der Waals surface area contributed by atoms with E-state index in [1.54, 1.807) is 0 Å². The second kappa shape index (κ2) is 6.15. The first-order valence-corrected chi connectivity index (χ1v) is 6.87. The highest BCUT2D eigenvalue weighted by atomic mass is 19.1. The van der Waals surface area contributed by atoms with Gasteiger partial charge in [0.2, 0.25) is 5.91 Å². The Bertz CT molecular complexity index is 1040. The summed E-state index contributed by atoms with van der Waals surface area (Å²) in [7, 11) is 0. The van der Waals surface area contributed by atoms with E-state index < -0.39 is 34.8 Å². The van der Waals surface area contributed by atoms with Crippen molar-refractivity contribution in [3.63, 3.8) is 0 Å². The van der Waals surface area contributed by atoms with Crippen LogP contribution in [0.25, 0.3) is 11.1 Å². The molecule has 3 rings (SSSR count). The van der Waals surface area contributed by atoms with Crippen LogP contribution in [-0.4, -0.2) is 15.4 Å². The monoisotopic (exact) mass is 349 g/mol. The predicted octanol–water partition coefficient (Wildman–Crippen LogP) is 2.42. The minimum atomic E-state index is -0.893. The Morgan fingerprint density at radius 3 is 2.52 bits per heavy atom. The van der Waals surface area contributed by atoms with Gasteiger partial charge in [-0.2, -0.15) is 0 Å². The average Bonchev–Trinajstić information content (AvgIpc) is 2.81. The number of nitrogens with one attached hydrogen (secondary N) is 1. The molecule has 3 aromatic rings. The summed E-state index contributed by atoms with van der Waals surface area (Å²) in [6, 6.07) is 5.98. The maximum absolute atomic E-state index is 13.1. The first-order valence-electron chi connectivity index (χ1n) is 6.87. The Morgan fingerprint density at radius 2 is 1.88 bits per heavy atom. The zero-order chi connectivity index (χ0) is 18.1. The number of hydrogen-bond donors (Lipinski definition) is 1. The van der Waals surface area contributed by atoms with Gasteiger partial charge in [-0.25, -0.2) is 13.6 Å². The lowest BCUT2D eigenvalue weighted by Gasteiger charge is -2.06. The van der Waals surface area contributed by atoms with Gasteiger partial charge in [-0.3, -0.25) is 19.5 Å². The predicted molar refractivity (Wildman–Crippen MR) is 82.1 cm³/mol. The summed E-state index contributed by atoms with van der Waals surface area (Å²) in [6.07, 6.45) is 0. The number of amides is 1. The number of nitro groups is 1. The topological polar surface area (TPSA) is 107 Å². The molecular formula is C15H9F2N3O5. The summed E-state index contributed by atoms with van der Waals surface area (Å²) < 4.78 is 32.1. The Balaban J connectivity index is 1.87. The molecule has 1 aromatic heterocycles. The van der Waals surface area contributed by atoms with E-state index in [1.807, 2.05) is 0 Å². The average molecular weight is 349 g/mol. The number of non-ortho nitro benzene ring substituents is 1. The second-order valence-electron chi connectivity index (χ2n) is 5.07. The van der Waals surface area contributed by atoms with Gasteiger partial charge >= 0.3 is 5.76 Å². The molecule has 0 spiro atoms. The van der Waals surface area contributed by atoms with Gasteiger partial charge in [0, 0.05) is 17.8 Å². The number of rotatable bonds is 4. The van der Waals surface area contributed by atoms with Crippen molar-refractivity contribution < 1.29 is 22.9 Å². The number of carbonyl (C=O) groups excluding carboxylic acids is 1. The Hall–Kier alpha value is -3.56. The lowest BCUT2D eigenvalue weighted by molar-refractivity contribution is -0.384. The van der Waals surface area contributed by atoms with Crippen LogP contribution >= 0.6 is 0 Å². The SMILES string of the molecule is O=C(Cn1c(=O)oc2cc([N+](=O)[O-])ccc21)Nc1cc(F)cc(F)c1. The highest BCUT2D eigenvalue weighted by Gasteiger charge is 2.16. The fraction of sp³-hybridized carbons (Fsp3) is 0.0667. The number of benzene rings is 2. The maximum atomic E-state index is 13.1. The van der Waals surface area contributed by atoms with Crippen molar-refractivity contribution in [1.82, 2.24) is 4.57 Å². The molecule has 8 nitrogen and oxygen atoms in total. The summed E-state index contributed by atoms with van der Waals surface area (Å²) in [5.41, 5.74) is -0.257. The van der Waals surface area contributed by atoms with E-state index >= 15 is 0 Å². The first-order chi connectivity index (χ1) is 11.8. The first kappa shape index (κ1) is 16.3. The summed E-state index contributed by atoms with van der Waals surface area (Å²) in [4.78, 5) is 33.9. The maximum Gasteiger partial charge on any atom is 0.420 e. The molecule has 1 heterocycles. The molecule has 0 aliphatic carbocycles. The zero-order valence-corrected chi connectivity index (χ0v) is 12.4. The lowest BCUT2D eigenvalue weighted by atomic mass is 10.3. The Kier molecular flexibility index (Phi) is 4.01. The quantitative estimate of drug-likeness (QED) is 0.575. The third kappa shape index (κ3) is 3.37. The molecule has 0 saturated heterocycles. The van der Waals surface area contributed by atoms with Gasteiger partial charge in [-0.05, 0) is 18.2 Å². The summed E-state index contributed by atoms with van der Waals surface area (Å²) in [6.45, 7) is -0.498. The van der Waals surface area contributed by atoms with Crippen molar-refractivity contribution in [3.8, 4) is 0 Å². The largest absolute Gasteiger partial charge is 0.420 e. The van der Waals surface area contributed by atoms with E-state index in [0.29, 0.717) is 6.07 Å². The number of halogens is 2. The van der Waals surface area contributed by atoms with Gasteiger partial charge in [0.05, 0.1) is 16.5 Å². The number of aromatic nitrogens is 1. The standard InChI is InChI=1S/C15H9F2N3O5/c16-8-3-9(17)5-10(4-8)18-14(21)7-19-12-2-1-11(20(23)24)6-13(12)25-15(19)22/h1-6H,7H2,(H,18,21). The number of oxazole rings is 1. The number of anilines is 1. The number of nitro benzene ring substituents is 1. The molecule has 25 heavy (non-hydrogen) atoms. The van der Waals surface area contributed by atoms with Gasteiger partial charge < -0.3 is 9.73 Å². The van der Waals surface area contributed by atoms with E-state index in [9.17, 15) is 28.5 Å².